The number of carbonyl (C=O) groups is 2. The van der Waals surface area contributed by atoms with Crippen molar-refractivity contribution >= 4 is 17.7 Å². The molecular formula is C22H26N2O5. The Kier molecular flexibility index (Phi) is 5.96. The molecule has 0 spiro atoms. The van der Waals surface area contributed by atoms with Gasteiger partial charge in [-0.15, -0.1) is 0 Å². The molecule has 29 heavy (non-hydrogen) atoms. The third-order valence-electron chi connectivity index (χ3n) is 4.35. The van der Waals surface area contributed by atoms with E-state index in [1.807, 2.05) is 30.3 Å². The van der Waals surface area contributed by atoms with Crippen LogP contribution in [0.25, 0.3) is 0 Å². The molecule has 0 saturated heterocycles. The van der Waals surface area contributed by atoms with E-state index in [-0.39, 0.29) is 12.7 Å². The highest BCUT2D eigenvalue weighted by Crippen LogP contribution is 2.35. The highest BCUT2D eigenvalue weighted by Gasteiger charge is 2.28. The van der Waals surface area contributed by atoms with Gasteiger partial charge in [0.05, 0.1) is 0 Å². The Hall–Kier alpha value is -3.22. The van der Waals surface area contributed by atoms with Gasteiger partial charge in [-0.3, -0.25) is 4.79 Å². The quantitative estimate of drug-likeness (QED) is 0.834. The first-order valence-electron chi connectivity index (χ1n) is 9.43. The normalized spacial score (nSPS) is 13.5. The number of nitrogens with zero attached hydrogens (tertiary/aromatic N) is 1. The standard InChI is InChI=1S/C22H26N2O5/c1-22(2,3)29-21(26)23-17(12-15-8-6-5-7-9-15)20(25)24(4)16-10-11-18-19(13-16)28-14-27-18/h5-11,13,17H,12,14H2,1-4H3,(H,23,26)/t17-/m1/s1. The molecule has 2 aromatic carbocycles. The predicted octanol–water partition coefficient (Wildman–Crippen LogP) is 3.51. The van der Waals surface area contributed by atoms with Gasteiger partial charge in [0, 0.05) is 25.2 Å². The molecule has 0 saturated carbocycles. The fourth-order valence-electron chi connectivity index (χ4n) is 2.95. The number of rotatable bonds is 5. The first-order chi connectivity index (χ1) is 13.7. The molecule has 1 aliphatic heterocycles. The molecule has 0 radical (unpaired) electrons. The van der Waals surface area contributed by atoms with E-state index in [1.165, 1.54) is 4.90 Å². The van der Waals surface area contributed by atoms with Gasteiger partial charge < -0.3 is 24.4 Å². The Balaban J connectivity index is 1.79. The molecule has 1 aliphatic rings. The molecule has 0 unspecified atom stereocenters. The van der Waals surface area contributed by atoms with Gasteiger partial charge in [-0.05, 0) is 38.5 Å². The van der Waals surface area contributed by atoms with E-state index in [4.69, 9.17) is 14.2 Å². The van der Waals surface area contributed by atoms with Crippen LogP contribution in [0.15, 0.2) is 48.5 Å². The second-order valence-electron chi connectivity index (χ2n) is 7.82. The van der Waals surface area contributed by atoms with Crippen molar-refractivity contribution in [3.63, 3.8) is 0 Å². The molecule has 7 nitrogen and oxygen atoms in total. The number of amides is 2. The lowest BCUT2D eigenvalue weighted by molar-refractivity contribution is -0.120. The highest BCUT2D eigenvalue weighted by atomic mass is 16.7. The van der Waals surface area contributed by atoms with Crippen LogP contribution in [0.3, 0.4) is 0 Å². The summed E-state index contributed by atoms with van der Waals surface area (Å²) in [7, 11) is 1.66. The zero-order chi connectivity index (χ0) is 21.0. The zero-order valence-electron chi connectivity index (χ0n) is 17.1. The largest absolute Gasteiger partial charge is 0.454 e. The molecule has 2 aromatic rings. The maximum Gasteiger partial charge on any atom is 0.408 e. The van der Waals surface area contributed by atoms with E-state index >= 15 is 0 Å². The average Bonchev–Trinajstić information content (AvgIpc) is 3.13. The monoisotopic (exact) mass is 398 g/mol. The number of hydrogen-bond acceptors (Lipinski definition) is 5. The van der Waals surface area contributed by atoms with Crippen LogP contribution < -0.4 is 19.7 Å². The molecule has 3 rings (SSSR count). The number of benzene rings is 2. The van der Waals surface area contributed by atoms with E-state index in [1.54, 1.807) is 46.0 Å². The van der Waals surface area contributed by atoms with Crippen molar-refractivity contribution in [2.45, 2.75) is 38.8 Å². The molecule has 0 bridgehead atoms. The van der Waals surface area contributed by atoms with Gasteiger partial charge >= 0.3 is 6.09 Å². The Labute approximate surface area is 170 Å². The Morgan fingerprint density at radius 3 is 2.48 bits per heavy atom. The molecule has 1 heterocycles. The first-order valence-corrected chi connectivity index (χ1v) is 9.43. The van der Waals surface area contributed by atoms with Crippen molar-refractivity contribution in [3.05, 3.63) is 54.1 Å². The van der Waals surface area contributed by atoms with E-state index in [0.717, 1.165) is 5.56 Å². The second-order valence-corrected chi connectivity index (χ2v) is 7.82. The molecule has 0 fully saturated rings. The summed E-state index contributed by atoms with van der Waals surface area (Å²) in [5.41, 5.74) is 0.914. The Morgan fingerprint density at radius 2 is 1.79 bits per heavy atom. The molecule has 0 aliphatic carbocycles. The van der Waals surface area contributed by atoms with Gasteiger partial charge in [-0.25, -0.2) is 4.79 Å². The summed E-state index contributed by atoms with van der Waals surface area (Å²) in [6.07, 6.45) is -0.292. The SMILES string of the molecule is CN(C(=O)[C@@H](Cc1ccccc1)NC(=O)OC(C)(C)C)c1ccc2c(c1)OCO2. The number of fused-ring (bicyclic) bond motifs is 1. The first kappa shape index (κ1) is 20.5. The number of likely N-dealkylation sites (N-methyl/N-ethyl adjacent to an activating group) is 1. The summed E-state index contributed by atoms with van der Waals surface area (Å²) in [6, 6.07) is 14.0. The third kappa shape index (κ3) is 5.40. The van der Waals surface area contributed by atoms with Crippen molar-refractivity contribution in [2.75, 3.05) is 18.7 Å². The van der Waals surface area contributed by atoms with Gasteiger partial charge in [0.15, 0.2) is 11.5 Å². The van der Waals surface area contributed by atoms with Crippen molar-refractivity contribution in [2.24, 2.45) is 0 Å². The van der Waals surface area contributed by atoms with Crippen LogP contribution in [0.4, 0.5) is 10.5 Å². The molecule has 1 atom stereocenters. The van der Waals surface area contributed by atoms with Crippen LogP contribution in [0.5, 0.6) is 11.5 Å². The summed E-state index contributed by atoms with van der Waals surface area (Å²) < 4.78 is 16.1. The minimum atomic E-state index is -0.789. The minimum absolute atomic E-state index is 0.160. The molecule has 7 heteroatoms. The highest BCUT2D eigenvalue weighted by molar-refractivity contribution is 5.98. The van der Waals surface area contributed by atoms with E-state index in [9.17, 15) is 9.59 Å². The lowest BCUT2D eigenvalue weighted by Crippen LogP contribution is -2.50. The van der Waals surface area contributed by atoms with Crippen LogP contribution in [-0.2, 0) is 16.0 Å². The number of anilines is 1. The Morgan fingerprint density at radius 1 is 1.10 bits per heavy atom. The smallest absolute Gasteiger partial charge is 0.408 e. The number of ether oxygens (including phenoxy) is 3. The topological polar surface area (TPSA) is 77.1 Å². The summed E-state index contributed by atoms with van der Waals surface area (Å²) in [4.78, 5) is 27.1. The Bertz CT molecular complexity index is 877. The molecule has 1 N–H and O–H groups in total. The van der Waals surface area contributed by atoms with Crippen molar-refractivity contribution in [1.82, 2.24) is 5.32 Å². The fraction of sp³-hybridized carbons (Fsp3) is 0.364. The van der Waals surface area contributed by atoms with Gasteiger partial charge in [0.25, 0.3) is 0 Å². The number of nitrogens with one attached hydrogen (secondary N) is 1. The summed E-state index contributed by atoms with van der Waals surface area (Å²) in [6.45, 7) is 5.49. The molecule has 154 valence electrons. The minimum Gasteiger partial charge on any atom is -0.454 e. The fourth-order valence-corrected chi connectivity index (χ4v) is 2.95. The summed E-state index contributed by atoms with van der Waals surface area (Å²) in [5, 5.41) is 2.72. The van der Waals surface area contributed by atoms with Gasteiger partial charge in [0.1, 0.15) is 11.6 Å². The maximum absolute atomic E-state index is 13.2. The average molecular weight is 398 g/mol. The number of alkyl carbamates (subject to hydrolysis) is 1. The van der Waals surface area contributed by atoms with Crippen molar-refractivity contribution < 1.29 is 23.8 Å². The van der Waals surface area contributed by atoms with Gasteiger partial charge in [0.2, 0.25) is 12.7 Å². The third-order valence-corrected chi connectivity index (χ3v) is 4.35. The molecule has 2 amide bonds. The van der Waals surface area contributed by atoms with E-state index in [2.05, 4.69) is 5.32 Å². The van der Waals surface area contributed by atoms with Crippen LogP contribution in [0.2, 0.25) is 0 Å². The van der Waals surface area contributed by atoms with Crippen LogP contribution >= 0.6 is 0 Å². The number of carbonyl (C=O) groups excluding carboxylic acids is 2. The van der Waals surface area contributed by atoms with Gasteiger partial charge in [-0.1, -0.05) is 30.3 Å². The van der Waals surface area contributed by atoms with Crippen LogP contribution in [-0.4, -0.2) is 37.5 Å². The van der Waals surface area contributed by atoms with Crippen molar-refractivity contribution in [1.29, 1.82) is 0 Å². The summed E-state index contributed by atoms with van der Waals surface area (Å²) in [5.74, 6) is 0.961. The lowest BCUT2D eigenvalue weighted by atomic mass is 10.0. The number of hydrogen-bond donors (Lipinski definition) is 1. The zero-order valence-corrected chi connectivity index (χ0v) is 17.1. The molecule has 0 aromatic heterocycles. The summed E-state index contributed by atoms with van der Waals surface area (Å²) >= 11 is 0. The predicted molar refractivity (Wildman–Crippen MR) is 109 cm³/mol. The molecular weight excluding hydrogens is 372 g/mol. The second kappa shape index (κ2) is 8.43. The maximum atomic E-state index is 13.2. The lowest BCUT2D eigenvalue weighted by Gasteiger charge is -2.27. The van der Waals surface area contributed by atoms with Crippen LogP contribution in [0, 0.1) is 0 Å². The van der Waals surface area contributed by atoms with E-state index < -0.39 is 17.7 Å². The van der Waals surface area contributed by atoms with Crippen molar-refractivity contribution in [3.8, 4) is 11.5 Å². The van der Waals surface area contributed by atoms with Gasteiger partial charge in [-0.2, -0.15) is 0 Å². The van der Waals surface area contributed by atoms with Crippen LogP contribution in [0.1, 0.15) is 26.3 Å². The van der Waals surface area contributed by atoms with E-state index in [0.29, 0.717) is 23.6 Å².